The fourth-order valence-corrected chi connectivity index (χ4v) is 2.79. The summed E-state index contributed by atoms with van der Waals surface area (Å²) in [6.07, 6.45) is -0.651. The van der Waals surface area contributed by atoms with Crippen molar-refractivity contribution < 1.29 is 14.3 Å². The summed E-state index contributed by atoms with van der Waals surface area (Å²) in [6, 6.07) is 11.9. The van der Waals surface area contributed by atoms with Crippen LogP contribution < -0.4 is 15.0 Å². The number of ether oxygens (including phenoxy) is 1. The van der Waals surface area contributed by atoms with Crippen LogP contribution in [0.4, 0.5) is 11.4 Å². The zero-order valence-corrected chi connectivity index (χ0v) is 14.3. The molecule has 1 aliphatic heterocycles. The molecule has 0 aromatic heterocycles. The van der Waals surface area contributed by atoms with Crippen LogP contribution in [0.1, 0.15) is 6.92 Å². The predicted molar refractivity (Wildman–Crippen MR) is 94.0 cm³/mol. The minimum Gasteiger partial charge on any atom is -0.479 e. The Kier molecular flexibility index (Phi) is 4.64. The number of nitrogens with zero attached hydrogens (tertiary/aromatic N) is 1. The number of benzene rings is 2. The zero-order valence-electron chi connectivity index (χ0n) is 12.8. The van der Waals surface area contributed by atoms with Crippen molar-refractivity contribution in [3.8, 4) is 5.75 Å². The molecule has 5 nitrogen and oxygen atoms in total. The lowest BCUT2D eigenvalue weighted by Crippen LogP contribution is -2.47. The summed E-state index contributed by atoms with van der Waals surface area (Å²) in [5.41, 5.74) is 0.962. The molecule has 124 valence electrons. The van der Waals surface area contributed by atoms with Gasteiger partial charge in [-0.15, -0.1) is 0 Å². The van der Waals surface area contributed by atoms with Crippen molar-refractivity contribution in [2.24, 2.45) is 0 Å². The van der Waals surface area contributed by atoms with E-state index < -0.39 is 6.10 Å². The van der Waals surface area contributed by atoms with Crippen LogP contribution in [0.3, 0.4) is 0 Å². The quantitative estimate of drug-likeness (QED) is 0.902. The number of halogens is 2. The van der Waals surface area contributed by atoms with Crippen LogP contribution in [0.25, 0.3) is 0 Å². The summed E-state index contributed by atoms with van der Waals surface area (Å²) < 4.78 is 5.55. The topological polar surface area (TPSA) is 58.6 Å². The lowest BCUT2D eigenvalue weighted by atomic mass is 10.2. The summed E-state index contributed by atoms with van der Waals surface area (Å²) >= 11 is 12.0. The summed E-state index contributed by atoms with van der Waals surface area (Å²) in [5.74, 6) is -0.0874. The van der Waals surface area contributed by atoms with Crippen molar-refractivity contribution in [1.29, 1.82) is 0 Å². The van der Waals surface area contributed by atoms with E-state index in [0.717, 1.165) is 0 Å². The van der Waals surface area contributed by atoms with E-state index >= 15 is 0 Å². The highest BCUT2D eigenvalue weighted by Crippen LogP contribution is 2.33. The average Bonchev–Trinajstić information content (AvgIpc) is 2.55. The van der Waals surface area contributed by atoms with E-state index in [-0.39, 0.29) is 18.4 Å². The van der Waals surface area contributed by atoms with Crippen LogP contribution in [0.2, 0.25) is 10.0 Å². The van der Waals surface area contributed by atoms with E-state index in [9.17, 15) is 9.59 Å². The molecular weight excluding hydrogens is 351 g/mol. The molecule has 2 aromatic rings. The minimum absolute atomic E-state index is 0.146. The van der Waals surface area contributed by atoms with Crippen molar-refractivity contribution >= 4 is 46.4 Å². The minimum atomic E-state index is -0.651. The third-order valence-electron chi connectivity index (χ3n) is 3.58. The molecule has 1 N–H and O–H groups in total. The van der Waals surface area contributed by atoms with Crippen molar-refractivity contribution in [3.05, 3.63) is 52.5 Å². The molecule has 0 bridgehead atoms. The van der Waals surface area contributed by atoms with Gasteiger partial charge in [-0.05, 0) is 37.3 Å². The Morgan fingerprint density at radius 2 is 2.00 bits per heavy atom. The van der Waals surface area contributed by atoms with Crippen molar-refractivity contribution in [2.45, 2.75) is 13.0 Å². The predicted octanol–water partition coefficient (Wildman–Crippen LogP) is 3.75. The average molecular weight is 365 g/mol. The number of amides is 2. The van der Waals surface area contributed by atoms with Crippen LogP contribution in [0.15, 0.2) is 42.5 Å². The van der Waals surface area contributed by atoms with Gasteiger partial charge in [0.2, 0.25) is 5.91 Å². The Morgan fingerprint density at radius 3 is 2.79 bits per heavy atom. The summed E-state index contributed by atoms with van der Waals surface area (Å²) in [5, 5.41) is 3.50. The van der Waals surface area contributed by atoms with Crippen LogP contribution >= 0.6 is 23.2 Å². The van der Waals surface area contributed by atoms with Crippen molar-refractivity contribution in [3.63, 3.8) is 0 Å². The van der Waals surface area contributed by atoms with Gasteiger partial charge in [0.25, 0.3) is 5.91 Å². The summed E-state index contributed by atoms with van der Waals surface area (Å²) in [4.78, 5) is 26.1. The number of carbonyl (C=O) groups is 2. The highest BCUT2D eigenvalue weighted by molar-refractivity contribution is 6.35. The molecule has 2 amide bonds. The number of para-hydroxylation sites is 2. The molecule has 1 unspecified atom stereocenters. The van der Waals surface area contributed by atoms with E-state index in [1.807, 2.05) is 6.07 Å². The zero-order chi connectivity index (χ0) is 17.3. The Hall–Kier alpha value is -2.24. The molecule has 2 aromatic carbocycles. The molecule has 0 fully saturated rings. The molecule has 0 saturated heterocycles. The second-order valence-corrected chi connectivity index (χ2v) is 6.17. The Morgan fingerprint density at radius 1 is 1.25 bits per heavy atom. The molecule has 1 heterocycles. The SMILES string of the molecule is CC1Oc2ccccc2N(CC(=O)Nc2cc(Cl)ccc2Cl)C1=O. The first-order valence-electron chi connectivity index (χ1n) is 7.27. The maximum absolute atomic E-state index is 12.4. The smallest absolute Gasteiger partial charge is 0.268 e. The maximum Gasteiger partial charge on any atom is 0.268 e. The van der Waals surface area contributed by atoms with Gasteiger partial charge < -0.3 is 10.1 Å². The molecular formula is C17H14Cl2N2O3. The van der Waals surface area contributed by atoms with Crippen molar-refractivity contribution in [1.82, 2.24) is 0 Å². The van der Waals surface area contributed by atoms with Crippen molar-refractivity contribution in [2.75, 3.05) is 16.8 Å². The lowest BCUT2D eigenvalue weighted by molar-refractivity contribution is -0.127. The fraction of sp³-hybridized carbons (Fsp3) is 0.176. The van der Waals surface area contributed by atoms with Gasteiger partial charge in [-0.3, -0.25) is 14.5 Å². The summed E-state index contributed by atoms with van der Waals surface area (Å²) in [6.45, 7) is 1.50. The van der Waals surface area contributed by atoms with Gasteiger partial charge in [-0.25, -0.2) is 0 Å². The third-order valence-corrected chi connectivity index (χ3v) is 4.14. The van der Waals surface area contributed by atoms with Gasteiger partial charge >= 0.3 is 0 Å². The third kappa shape index (κ3) is 3.32. The van der Waals surface area contributed by atoms with Crippen LogP contribution in [-0.4, -0.2) is 24.5 Å². The number of hydrogen-bond acceptors (Lipinski definition) is 3. The second-order valence-electron chi connectivity index (χ2n) is 5.32. The first-order valence-corrected chi connectivity index (χ1v) is 8.03. The van der Waals surface area contributed by atoms with E-state index in [4.69, 9.17) is 27.9 Å². The van der Waals surface area contributed by atoms with Gasteiger partial charge in [0.1, 0.15) is 12.3 Å². The number of anilines is 2. The van der Waals surface area contributed by atoms with E-state index in [0.29, 0.717) is 27.2 Å². The number of hydrogen-bond donors (Lipinski definition) is 1. The molecule has 24 heavy (non-hydrogen) atoms. The van der Waals surface area contributed by atoms with Gasteiger partial charge in [-0.2, -0.15) is 0 Å². The van der Waals surface area contributed by atoms with Crippen LogP contribution in [0.5, 0.6) is 5.75 Å². The van der Waals surface area contributed by atoms with Crippen LogP contribution in [-0.2, 0) is 9.59 Å². The fourth-order valence-electron chi connectivity index (χ4n) is 2.45. The second kappa shape index (κ2) is 6.71. The molecule has 1 aliphatic rings. The highest BCUT2D eigenvalue weighted by atomic mass is 35.5. The van der Waals surface area contributed by atoms with Crippen LogP contribution in [0, 0.1) is 0 Å². The molecule has 0 radical (unpaired) electrons. The highest BCUT2D eigenvalue weighted by Gasteiger charge is 2.32. The Labute approximate surface area is 149 Å². The van der Waals surface area contributed by atoms with E-state index in [2.05, 4.69) is 5.32 Å². The normalized spacial score (nSPS) is 16.4. The number of carbonyl (C=O) groups excluding carboxylic acids is 2. The summed E-state index contributed by atoms with van der Waals surface area (Å²) in [7, 11) is 0. The number of rotatable bonds is 3. The van der Waals surface area contributed by atoms with E-state index in [1.54, 1.807) is 43.3 Å². The Bertz CT molecular complexity index is 810. The number of fused-ring (bicyclic) bond motifs is 1. The largest absolute Gasteiger partial charge is 0.479 e. The Balaban J connectivity index is 1.81. The molecule has 0 spiro atoms. The molecule has 7 heteroatoms. The van der Waals surface area contributed by atoms with Gasteiger partial charge in [0, 0.05) is 5.02 Å². The monoisotopic (exact) mass is 364 g/mol. The van der Waals surface area contributed by atoms with Gasteiger partial charge in [0.15, 0.2) is 6.10 Å². The first-order chi connectivity index (χ1) is 11.5. The van der Waals surface area contributed by atoms with Gasteiger partial charge in [-0.1, -0.05) is 35.3 Å². The molecule has 3 rings (SSSR count). The lowest BCUT2D eigenvalue weighted by Gasteiger charge is -2.32. The van der Waals surface area contributed by atoms with E-state index in [1.165, 1.54) is 4.90 Å². The van der Waals surface area contributed by atoms with Gasteiger partial charge in [0.05, 0.1) is 16.4 Å². The molecule has 1 atom stereocenters. The molecule has 0 saturated carbocycles. The first kappa shape index (κ1) is 16.6. The maximum atomic E-state index is 12.4. The standard InChI is InChI=1S/C17H14Cl2N2O3/c1-10-17(23)21(14-4-2-3-5-15(14)24-10)9-16(22)20-13-8-11(18)6-7-12(13)19/h2-8,10H,9H2,1H3,(H,20,22). The number of nitrogens with one attached hydrogen (secondary N) is 1. The molecule has 0 aliphatic carbocycles.